The van der Waals surface area contributed by atoms with Crippen LogP contribution in [0.2, 0.25) is 0 Å². The topological polar surface area (TPSA) is 67.4 Å². The highest BCUT2D eigenvalue weighted by atomic mass is 16.5. The van der Waals surface area contributed by atoms with Gasteiger partial charge in [0.05, 0.1) is 18.7 Å². The fourth-order valence-electron chi connectivity index (χ4n) is 2.70. The molecule has 5 nitrogen and oxygen atoms in total. The Morgan fingerprint density at radius 1 is 0.962 bits per heavy atom. The van der Waals surface area contributed by atoms with Crippen LogP contribution in [0.4, 0.5) is 11.4 Å². The van der Waals surface area contributed by atoms with Crippen LogP contribution in [0.1, 0.15) is 17.3 Å². The number of esters is 1. The van der Waals surface area contributed by atoms with Crippen molar-refractivity contribution in [2.24, 2.45) is 0 Å². The maximum atomic E-state index is 12.2. The van der Waals surface area contributed by atoms with Gasteiger partial charge < -0.3 is 15.4 Å². The van der Waals surface area contributed by atoms with Crippen LogP contribution in [0.3, 0.4) is 0 Å². The molecule has 0 saturated heterocycles. The molecular formula is C21H20N2O3. The van der Waals surface area contributed by atoms with Crippen LogP contribution in [-0.4, -0.2) is 25.0 Å². The molecule has 3 aromatic carbocycles. The van der Waals surface area contributed by atoms with Crippen molar-refractivity contribution in [3.8, 4) is 0 Å². The Hall–Kier alpha value is -3.34. The maximum absolute atomic E-state index is 12.2. The van der Waals surface area contributed by atoms with Crippen LogP contribution < -0.4 is 10.6 Å². The summed E-state index contributed by atoms with van der Waals surface area (Å²) in [7, 11) is 0. The van der Waals surface area contributed by atoms with E-state index in [0.717, 1.165) is 16.5 Å². The van der Waals surface area contributed by atoms with Crippen molar-refractivity contribution >= 4 is 34.0 Å². The fourth-order valence-corrected chi connectivity index (χ4v) is 2.70. The summed E-state index contributed by atoms with van der Waals surface area (Å²) in [6, 6.07) is 20.6. The molecule has 5 heteroatoms. The van der Waals surface area contributed by atoms with Gasteiger partial charge in [0.25, 0.3) is 0 Å². The number of benzene rings is 3. The van der Waals surface area contributed by atoms with E-state index < -0.39 is 5.97 Å². The highest BCUT2D eigenvalue weighted by Gasteiger charge is 2.09. The van der Waals surface area contributed by atoms with E-state index in [1.807, 2.05) is 42.5 Å². The Kier molecular flexibility index (Phi) is 5.49. The van der Waals surface area contributed by atoms with Gasteiger partial charge in [-0.15, -0.1) is 0 Å². The zero-order valence-electron chi connectivity index (χ0n) is 14.5. The molecule has 0 atom stereocenters. The van der Waals surface area contributed by atoms with E-state index in [2.05, 4.69) is 10.6 Å². The molecule has 0 bridgehead atoms. The van der Waals surface area contributed by atoms with Crippen molar-refractivity contribution in [2.45, 2.75) is 6.92 Å². The summed E-state index contributed by atoms with van der Waals surface area (Å²) in [6.07, 6.45) is 0. The van der Waals surface area contributed by atoms with Gasteiger partial charge in [0.2, 0.25) is 5.91 Å². The van der Waals surface area contributed by atoms with Crippen molar-refractivity contribution in [3.63, 3.8) is 0 Å². The second-order valence-electron chi connectivity index (χ2n) is 5.73. The fraction of sp³-hybridized carbons (Fsp3) is 0.143. The molecule has 3 rings (SSSR count). The summed E-state index contributed by atoms with van der Waals surface area (Å²) >= 11 is 0. The molecule has 0 aliphatic carbocycles. The molecule has 0 heterocycles. The predicted molar refractivity (Wildman–Crippen MR) is 103 cm³/mol. The molecule has 0 fully saturated rings. The smallest absolute Gasteiger partial charge is 0.338 e. The van der Waals surface area contributed by atoms with Crippen molar-refractivity contribution < 1.29 is 14.3 Å². The number of hydrogen-bond donors (Lipinski definition) is 2. The van der Waals surface area contributed by atoms with Crippen LogP contribution in [0.15, 0.2) is 66.7 Å². The standard InChI is InChI=1S/C21H20N2O3/c1-2-26-21(25)16-9-5-10-17(13-16)23-20(24)14-22-19-12-6-8-15-7-3-4-11-18(15)19/h3-13,22H,2,14H2,1H3,(H,23,24). The maximum Gasteiger partial charge on any atom is 0.338 e. The van der Waals surface area contributed by atoms with E-state index in [1.165, 1.54) is 0 Å². The first-order chi connectivity index (χ1) is 12.7. The lowest BCUT2D eigenvalue weighted by Gasteiger charge is -2.11. The minimum atomic E-state index is -0.405. The number of rotatable bonds is 6. The van der Waals surface area contributed by atoms with Gasteiger partial charge >= 0.3 is 5.97 Å². The first-order valence-electron chi connectivity index (χ1n) is 8.46. The van der Waals surface area contributed by atoms with Crippen LogP contribution >= 0.6 is 0 Å². The SMILES string of the molecule is CCOC(=O)c1cccc(NC(=O)CNc2cccc3ccccc23)c1. The molecule has 132 valence electrons. The average Bonchev–Trinajstić information content (AvgIpc) is 2.67. The molecule has 2 N–H and O–H groups in total. The summed E-state index contributed by atoms with van der Waals surface area (Å²) in [5.74, 6) is -0.601. The summed E-state index contributed by atoms with van der Waals surface area (Å²) in [4.78, 5) is 24.0. The molecule has 0 saturated carbocycles. The molecular weight excluding hydrogens is 328 g/mol. The van der Waals surface area contributed by atoms with E-state index >= 15 is 0 Å². The number of hydrogen-bond acceptors (Lipinski definition) is 4. The molecule has 3 aromatic rings. The molecule has 0 aromatic heterocycles. The number of anilines is 2. The summed E-state index contributed by atoms with van der Waals surface area (Å²) in [6.45, 7) is 2.19. The molecule has 0 aliphatic heterocycles. The number of ether oxygens (including phenoxy) is 1. The first-order valence-corrected chi connectivity index (χ1v) is 8.46. The zero-order chi connectivity index (χ0) is 18.4. The van der Waals surface area contributed by atoms with E-state index in [4.69, 9.17) is 4.74 Å². The first kappa shape index (κ1) is 17.5. The molecule has 0 spiro atoms. The number of amides is 1. The van der Waals surface area contributed by atoms with Crippen LogP contribution in [0.25, 0.3) is 10.8 Å². The molecule has 26 heavy (non-hydrogen) atoms. The lowest BCUT2D eigenvalue weighted by atomic mass is 10.1. The van der Waals surface area contributed by atoms with Gasteiger partial charge in [-0.05, 0) is 36.6 Å². The van der Waals surface area contributed by atoms with Gasteiger partial charge in [-0.25, -0.2) is 4.79 Å². The Morgan fingerprint density at radius 2 is 1.73 bits per heavy atom. The third kappa shape index (κ3) is 4.19. The Balaban J connectivity index is 1.64. The van der Waals surface area contributed by atoms with Gasteiger partial charge in [0, 0.05) is 16.8 Å². The molecule has 0 radical (unpaired) electrons. The van der Waals surface area contributed by atoms with Crippen molar-refractivity contribution in [3.05, 3.63) is 72.3 Å². The number of fused-ring (bicyclic) bond motifs is 1. The van der Waals surface area contributed by atoms with Crippen molar-refractivity contribution in [1.29, 1.82) is 0 Å². The molecule has 0 unspecified atom stereocenters. The highest BCUT2D eigenvalue weighted by molar-refractivity contribution is 5.98. The van der Waals surface area contributed by atoms with Gasteiger partial charge in [-0.1, -0.05) is 42.5 Å². The largest absolute Gasteiger partial charge is 0.462 e. The Bertz CT molecular complexity index is 932. The second-order valence-corrected chi connectivity index (χ2v) is 5.73. The second kappa shape index (κ2) is 8.16. The van der Waals surface area contributed by atoms with Gasteiger partial charge in [0.15, 0.2) is 0 Å². The highest BCUT2D eigenvalue weighted by Crippen LogP contribution is 2.22. The third-order valence-electron chi connectivity index (χ3n) is 3.89. The lowest BCUT2D eigenvalue weighted by Crippen LogP contribution is -2.22. The number of carbonyl (C=O) groups excluding carboxylic acids is 2. The van der Waals surface area contributed by atoms with Crippen molar-refractivity contribution in [1.82, 2.24) is 0 Å². The van der Waals surface area contributed by atoms with Crippen LogP contribution in [0, 0.1) is 0 Å². The van der Waals surface area contributed by atoms with Crippen LogP contribution in [0.5, 0.6) is 0 Å². The summed E-state index contributed by atoms with van der Waals surface area (Å²) in [5, 5.41) is 8.12. The lowest BCUT2D eigenvalue weighted by molar-refractivity contribution is -0.114. The van der Waals surface area contributed by atoms with Crippen molar-refractivity contribution in [2.75, 3.05) is 23.8 Å². The minimum absolute atomic E-state index is 0.123. The monoisotopic (exact) mass is 348 g/mol. The van der Waals surface area contributed by atoms with Gasteiger partial charge in [0.1, 0.15) is 0 Å². The Labute approximate surface area is 152 Å². The Morgan fingerprint density at radius 3 is 2.58 bits per heavy atom. The van der Waals surface area contributed by atoms with Gasteiger partial charge in [-0.2, -0.15) is 0 Å². The normalized spacial score (nSPS) is 10.3. The zero-order valence-corrected chi connectivity index (χ0v) is 14.5. The quantitative estimate of drug-likeness (QED) is 0.659. The average molecular weight is 348 g/mol. The molecule has 1 amide bonds. The van der Waals surface area contributed by atoms with E-state index in [-0.39, 0.29) is 12.5 Å². The van der Waals surface area contributed by atoms with Crippen LogP contribution in [-0.2, 0) is 9.53 Å². The summed E-state index contributed by atoms with van der Waals surface area (Å²) in [5.41, 5.74) is 1.87. The van der Waals surface area contributed by atoms with E-state index in [1.54, 1.807) is 31.2 Å². The van der Waals surface area contributed by atoms with Gasteiger partial charge in [-0.3, -0.25) is 4.79 Å². The summed E-state index contributed by atoms with van der Waals surface area (Å²) < 4.78 is 4.97. The number of carbonyl (C=O) groups is 2. The predicted octanol–water partition coefficient (Wildman–Crippen LogP) is 4.07. The third-order valence-corrected chi connectivity index (χ3v) is 3.89. The molecule has 0 aliphatic rings. The minimum Gasteiger partial charge on any atom is -0.462 e. The number of nitrogens with one attached hydrogen (secondary N) is 2. The van der Waals surface area contributed by atoms with E-state index in [0.29, 0.717) is 17.9 Å². The van der Waals surface area contributed by atoms with E-state index in [9.17, 15) is 9.59 Å².